The van der Waals surface area contributed by atoms with Crippen LogP contribution in [-0.2, 0) is 11.8 Å². The highest BCUT2D eigenvalue weighted by molar-refractivity contribution is 7.13. The molecule has 0 radical (unpaired) electrons. The maximum Gasteiger partial charge on any atom is 0.263 e. The minimum absolute atomic E-state index is 0.0503. The van der Waals surface area contributed by atoms with Gasteiger partial charge in [-0.2, -0.15) is 0 Å². The van der Waals surface area contributed by atoms with Gasteiger partial charge >= 0.3 is 0 Å². The van der Waals surface area contributed by atoms with E-state index >= 15 is 0 Å². The summed E-state index contributed by atoms with van der Waals surface area (Å²) in [6.07, 6.45) is 0.904. The van der Waals surface area contributed by atoms with Crippen LogP contribution in [0.25, 0.3) is 0 Å². The zero-order valence-electron chi connectivity index (χ0n) is 16.7. The number of thiazole rings is 1. The third-order valence-corrected chi connectivity index (χ3v) is 5.82. The number of nitrogens with zero attached hydrogens (tertiary/aromatic N) is 1. The number of hydrogen-bond donors (Lipinski definition) is 1. The topological polar surface area (TPSA) is 60.5 Å². The van der Waals surface area contributed by atoms with Gasteiger partial charge < -0.3 is 14.8 Å². The molecule has 1 amide bonds. The van der Waals surface area contributed by atoms with Gasteiger partial charge in [0.15, 0.2) is 11.5 Å². The molecule has 2 aromatic rings. The van der Waals surface area contributed by atoms with Crippen LogP contribution in [0, 0.1) is 12.8 Å². The Labute approximate surface area is 165 Å². The van der Waals surface area contributed by atoms with Crippen LogP contribution in [0.4, 0.5) is 0 Å². The quantitative estimate of drug-likeness (QED) is 0.808. The molecule has 0 saturated heterocycles. The fourth-order valence-electron chi connectivity index (χ4n) is 3.05. The fraction of sp³-hybridized carbons (Fsp3) is 0.524. The third kappa shape index (κ3) is 4.61. The number of fused-ring (bicyclic) bond motifs is 1. The van der Waals surface area contributed by atoms with Gasteiger partial charge in [-0.1, -0.05) is 33.8 Å². The van der Waals surface area contributed by atoms with Crippen LogP contribution >= 0.6 is 11.3 Å². The highest BCUT2D eigenvalue weighted by Gasteiger charge is 2.25. The van der Waals surface area contributed by atoms with Gasteiger partial charge in [0.25, 0.3) is 5.91 Å². The first-order valence-electron chi connectivity index (χ1n) is 9.41. The average molecular weight is 389 g/mol. The van der Waals surface area contributed by atoms with E-state index in [1.54, 1.807) is 0 Å². The maximum atomic E-state index is 12.7. The Morgan fingerprint density at radius 3 is 2.67 bits per heavy atom. The molecular weight excluding hydrogens is 360 g/mol. The summed E-state index contributed by atoms with van der Waals surface area (Å²) < 4.78 is 11.3. The van der Waals surface area contributed by atoms with E-state index in [9.17, 15) is 4.79 Å². The van der Waals surface area contributed by atoms with Crippen molar-refractivity contribution >= 4 is 17.2 Å². The van der Waals surface area contributed by atoms with E-state index in [2.05, 4.69) is 38.0 Å². The van der Waals surface area contributed by atoms with Crippen LogP contribution in [0.1, 0.15) is 53.6 Å². The second kappa shape index (κ2) is 7.89. The molecule has 0 fully saturated rings. The van der Waals surface area contributed by atoms with Crippen molar-refractivity contribution in [3.05, 3.63) is 39.3 Å². The average Bonchev–Trinajstić information content (AvgIpc) is 2.98. The van der Waals surface area contributed by atoms with E-state index in [0.29, 0.717) is 30.6 Å². The van der Waals surface area contributed by atoms with Gasteiger partial charge in [-0.25, -0.2) is 4.98 Å². The minimum atomic E-state index is -0.231. The van der Waals surface area contributed by atoms with Crippen molar-refractivity contribution in [3.63, 3.8) is 0 Å². The van der Waals surface area contributed by atoms with Gasteiger partial charge in [-0.05, 0) is 30.5 Å². The number of benzene rings is 1. The number of aryl methyl sites for hydroxylation is 1. The lowest BCUT2D eigenvalue weighted by atomic mass is 9.84. The van der Waals surface area contributed by atoms with Gasteiger partial charge in [0.05, 0.1) is 10.7 Å². The van der Waals surface area contributed by atoms with Crippen LogP contribution in [0.15, 0.2) is 18.2 Å². The normalized spacial score (nSPS) is 13.7. The molecular formula is C21H28N2O3S. The van der Waals surface area contributed by atoms with Crippen LogP contribution in [0.2, 0.25) is 0 Å². The Bertz CT molecular complexity index is 827. The zero-order chi connectivity index (χ0) is 19.6. The van der Waals surface area contributed by atoms with Crippen molar-refractivity contribution in [2.24, 2.45) is 5.92 Å². The van der Waals surface area contributed by atoms with Crippen molar-refractivity contribution in [1.29, 1.82) is 0 Å². The van der Waals surface area contributed by atoms with Crippen LogP contribution in [0.3, 0.4) is 0 Å². The first-order chi connectivity index (χ1) is 12.8. The lowest BCUT2D eigenvalue weighted by molar-refractivity contribution is 0.0949. The van der Waals surface area contributed by atoms with Crippen LogP contribution in [0.5, 0.6) is 11.5 Å². The van der Waals surface area contributed by atoms with E-state index in [-0.39, 0.29) is 11.3 Å². The van der Waals surface area contributed by atoms with Crippen molar-refractivity contribution in [3.8, 4) is 11.5 Å². The summed E-state index contributed by atoms with van der Waals surface area (Å²) in [5, 5.41) is 4.11. The van der Waals surface area contributed by atoms with Gasteiger partial charge in [0.2, 0.25) is 0 Å². The van der Waals surface area contributed by atoms with Gasteiger partial charge in [-0.3, -0.25) is 4.79 Å². The molecule has 0 unspecified atom stereocenters. The molecule has 0 atom stereocenters. The second-order valence-electron chi connectivity index (χ2n) is 8.05. The number of nitrogens with one attached hydrogen (secondary N) is 1. The van der Waals surface area contributed by atoms with Crippen molar-refractivity contribution in [1.82, 2.24) is 10.3 Å². The Balaban J connectivity index is 1.68. The molecule has 5 nitrogen and oxygen atoms in total. The number of hydrogen-bond acceptors (Lipinski definition) is 5. The standard InChI is InChI=1S/C21H28N2O3S/c1-13(2)10-18-23-14(3)19(27-18)20(24)22-12-21(4,5)15-6-7-16-17(11-15)26-9-8-25-16/h6-7,11,13H,8-10,12H2,1-5H3,(H,22,24). The zero-order valence-corrected chi connectivity index (χ0v) is 17.5. The molecule has 0 saturated carbocycles. The second-order valence-corrected chi connectivity index (χ2v) is 9.13. The number of amides is 1. The van der Waals surface area contributed by atoms with E-state index in [4.69, 9.17) is 9.47 Å². The molecule has 2 heterocycles. The largest absolute Gasteiger partial charge is 0.486 e. The Kier molecular flexibility index (Phi) is 5.75. The highest BCUT2D eigenvalue weighted by Crippen LogP contribution is 2.35. The van der Waals surface area contributed by atoms with Gasteiger partial charge in [0.1, 0.15) is 18.1 Å². The number of carbonyl (C=O) groups excluding carboxylic acids is 1. The molecule has 1 aliphatic heterocycles. The number of carbonyl (C=O) groups is 1. The van der Waals surface area contributed by atoms with Gasteiger partial charge in [0, 0.05) is 18.4 Å². The first kappa shape index (κ1) is 19.7. The number of ether oxygens (including phenoxy) is 2. The number of rotatable bonds is 6. The molecule has 146 valence electrons. The summed E-state index contributed by atoms with van der Waals surface area (Å²) in [4.78, 5) is 18.0. The molecule has 0 aliphatic carbocycles. The maximum absolute atomic E-state index is 12.7. The summed E-state index contributed by atoms with van der Waals surface area (Å²) in [5.41, 5.74) is 1.68. The van der Waals surface area contributed by atoms with E-state index in [1.807, 2.05) is 25.1 Å². The predicted octanol–water partition coefficient (Wildman–Crippen LogP) is 4.13. The third-order valence-electron chi connectivity index (χ3n) is 4.64. The van der Waals surface area contributed by atoms with Gasteiger partial charge in [-0.15, -0.1) is 11.3 Å². The Morgan fingerprint density at radius 2 is 1.96 bits per heavy atom. The molecule has 1 aromatic carbocycles. The molecule has 0 bridgehead atoms. The lowest BCUT2D eigenvalue weighted by Crippen LogP contribution is -2.36. The summed E-state index contributed by atoms with van der Waals surface area (Å²) >= 11 is 1.50. The van der Waals surface area contributed by atoms with Crippen molar-refractivity contribution in [2.75, 3.05) is 19.8 Å². The van der Waals surface area contributed by atoms with Crippen LogP contribution < -0.4 is 14.8 Å². The van der Waals surface area contributed by atoms with Crippen molar-refractivity contribution < 1.29 is 14.3 Å². The summed E-state index contributed by atoms with van der Waals surface area (Å²) in [5.74, 6) is 2.03. The lowest BCUT2D eigenvalue weighted by Gasteiger charge is -2.27. The monoisotopic (exact) mass is 388 g/mol. The summed E-state index contributed by atoms with van der Waals surface area (Å²) in [7, 11) is 0. The smallest absolute Gasteiger partial charge is 0.263 e. The SMILES string of the molecule is Cc1nc(CC(C)C)sc1C(=O)NCC(C)(C)c1ccc2c(c1)OCCO2. The predicted molar refractivity (Wildman–Crippen MR) is 108 cm³/mol. The fourth-order valence-corrected chi connectivity index (χ4v) is 4.24. The number of aromatic nitrogens is 1. The highest BCUT2D eigenvalue weighted by atomic mass is 32.1. The van der Waals surface area contributed by atoms with Crippen LogP contribution in [-0.4, -0.2) is 30.6 Å². The molecule has 1 aliphatic rings. The first-order valence-corrected chi connectivity index (χ1v) is 10.2. The molecule has 1 aromatic heterocycles. The van der Waals surface area contributed by atoms with E-state index in [1.165, 1.54) is 11.3 Å². The summed E-state index contributed by atoms with van der Waals surface area (Å²) in [6.45, 7) is 12.1. The molecule has 0 spiro atoms. The Hall–Kier alpha value is -2.08. The van der Waals surface area contributed by atoms with E-state index < -0.39 is 0 Å². The minimum Gasteiger partial charge on any atom is -0.486 e. The molecule has 3 rings (SSSR count). The molecule has 27 heavy (non-hydrogen) atoms. The summed E-state index contributed by atoms with van der Waals surface area (Å²) in [6, 6.07) is 6.00. The molecule has 1 N–H and O–H groups in total. The molecule has 6 heteroatoms. The van der Waals surface area contributed by atoms with Crippen molar-refractivity contribution in [2.45, 2.75) is 46.5 Å². The van der Waals surface area contributed by atoms with E-state index in [0.717, 1.165) is 34.2 Å². The Morgan fingerprint density at radius 1 is 1.26 bits per heavy atom.